The number of benzene rings is 1. The first kappa shape index (κ1) is 17.0. The minimum atomic E-state index is 0.250. The van der Waals surface area contributed by atoms with Crippen LogP contribution in [0.15, 0.2) is 30.8 Å². The Hall–Kier alpha value is -1.04. The summed E-state index contributed by atoms with van der Waals surface area (Å²) >= 11 is 0. The maximum Gasteiger partial charge on any atom is -0.0132 e. The number of hydrogen-bond acceptors (Lipinski definition) is 0. The zero-order valence-electron chi connectivity index (χ0n) is 14.3. The van der Waals surface area contributed by atoms with Gasteiger partial charge in [0.2, 0.25) is 0 Å². The normalized spacial score (nSPS) is 15.3. The van der Waals surface area contributed by atoms with Crippen molar-refractivity contribution in [1.82, 2.24) is 0 Å². The lowest BCUT2D eigenvalue weighted by molar-refractivity contribution is 0.354. The first-order valence-corrected chi connectivity index (χ1v) is 7.85. The second-order valence-electron chi connectivity index (χ2n) is 8.28. The molecule has 0 spiro atoms. The monoisotopic (exact) mass is 272 g/mol. The highest BCUT2D eigenvalue weighted by Crippen LogP contribution is 2.39. The molecule has 1 aliphatic carbocycles. The summed E-state index contributed by atoms with van der Waals surface area (Å²) in [5, 5.41) is 0. The van der Waals surface area contributed by atoms with E-state index in [2.05, 4.69) is 72.4 Å². The highest BCUT2D eigenvalue weighted by atomic mass is 14.3. The van der Waals surface area contributed by atoms with Gasteiger partial charge in [0.05, 0.1) is 0 Å². The van der Waals surface area contributed by atoms with Crippen molar-refractivity contribution in [1.29, 1.82) is 0 Å². The molecule has 0 heteroatoms. The minimum Gasteiger partial charge on any atom is -0.0985 e. The summed E-state index contributed by atoms with van der Waals surface area (Å²) in [6.45, 7) is 17.4. The van der Waals surface area contributed by atoms with Gasteiger partial charge in [0, 0.05) is 0 Å². The van der Waals surface area contributed by atoms with Crippen LogP contribution in [0.25, 0.3) is 6.08 Å². The highest BCUT2D eigenvalue weighted by molar-refractivity contribution is 5.47. The molecule has 112 valence electrons. The van der Waals surface area contributed by atoms with Gasteiger partial charge < -0.3 is 0 Å². The number of rotatable bonds is 2. The van der Waals surface area contributed by atoms with Crippen molar-refractivity contribution in [2.24, 2.45) is 11.3 Å². The second kappa shape index (κ2) is 6.61. The van der Waals surface area contributed by atoms with Crippen molar-refractivity contribution in [2.75, 3.05) is 0 Å². The van der Waals surface area contributed by atoms with Gasteiger partial charge in [-0.2, -0.15) is 0 Å². The molecule has 0 heterocycles. The summed E-state index contributed by atoms with van der Waals surface area (Å²) < 4.78 is 0. The van der Waals surface area contributed by atoms with Crippen molar-refractivity contribution in [3.63, 3.8) is 0 Å². The summed E-state index contributed by atoms with van der Waals surface area (Å²) in [6.07, 6.45) is 6.30. The van der Waals surface area contributed by atoms with E-state index in [0.29, 0.717) is 5.41 Å². The zero-order valence-corrected chi connectivity index (χ0v) is 14.3. The van der Waals surface area contributed by atoms with Gasteiger partial charge in [0.1, 0.15) is 0 Å². The number of hydrogen-bond donors (Lipinski definition) is 0. The fourth-order valence-corrected chi connectivity index (χ4v) is 2.31. The molecule has 0 unspecified atom stereocenters. The van der Waals surface area contributed by atoms with Gasteiger partial charge in [-0.15, -0.1) is 0 Å². The topological polar surface area (TPSA) is 0 Å². The van der Waals surface area contributed by atoms with Crippen molar-refractivity contribution < 1.29 is 0 Å². The Kier molecular flexibility index (Phi) is 5.62. The van der Waals surface area contributed by atoms with Crippen LogP contribution in [0.2, 0.25) is 0 Å². The van der Waals surface area contributed by atoms with E-state index in [4.69, 9.17) is 0 Å². The van der Waals surface area contributed by atoms with Crippen molar-refractivity contribution in [3.8, 4) is 0 Å². The summed E-state index contributed by atoms with van der Waals surface area (Å²) in [5.74, 6) is 1.09. The molecule has 20 heavy (non-hydrogen) atoms. The van der Waals surface area contributed by atoms with E-state index in [9.17, 15) is 0 Å². The molecule has 2 rings (SSSR count). The Labute approximate surface area is 126 Å². The third-order valence-corrected chi connectivity index (χ3v) is 3.61. The van der Waals surface area contributed by atoms with Crippen molar-refractivity contribution in [2.45, 2.75) is 66.2 Å². The third kappa shape index (κ3) is 6.93. The van der Waals surface area contributed by atoms with Crippen LogP contribution in [0, 0.1) is 11.3 Å². The third-order valence-electron chi connectivity index (χ3n) is 3.61. The predicted molar refractivity (Wildman–Crippen MR) is 92.0 cm³/mol. The molecular weight excluding hydrogens is 240 g/mol. The van der Waals surface area contributed by atoms with E-state index in [0.717, 1.165) is 5.92 Å². The molecule has 0 N–H and O–H groups in total. The Morgan fingerprint density at radius 3 is 1.75 bits per heavy atom. The van der Waals surface area contributed by atoms with Gasteiger partial charge in [-0.05, 0) is 34.3 Å². The lowest BCUT2D eigenvalue weighted by Gasteiger charge is -2.18. The molecule has 0 nitrogen and oxygen atoms in total. The molecule has 0 aliphatic heterocycles. The van der Waals surface area contributed by atoms with Crippen LogP contribution in [0.1, 0.15) is 71.9 Å². The maximum atomic E-state index is 3.72. The van der Waals surface area contributed by atoms with Crippen LogP contribution >= 0.6 is 0 Å². The minimum absolute atomic E-state index is 0.250. The molecule has 0 saturated heterocycles. The maximum absolute atomic E-state index is 3.72. The van der Waals surface area contributed by atoms with E-state index >= 15 is 0 Å². The smallest absolute Gasteiger partial charge is 0.0132 e. The lowest BCUT2D eigenvalue weighted by atomic mass is 9.87. The van der Waals surface area contributed by atoms with E-state index in [1.807, 2.05) is 6.08 Å². The summed E-state index contributed by atoms with van der Waals surface area (Å²) in [7, 11) is 0. The predicted octanol–water partition coefficient (Wildman–Crippen LogP) is 6.46. The molecular formula is C20H32. The summed E-state index contributed by atoms with van der Waals surface area (Å²) in [6, 6.07) is 8.54. The summed E-state index contributed by atoms with van der Waals surface area (Å²) in [5.41, 5.74) is 3.39. The molecule has 1 aliphatic rings. The quantitative estimate of drug-likeness (QED) is 0.579. The average Bonchev–Trinajstić information content (AvgIpc) is 3.10. The molecule has 0 radical (unpaired) electrons. The summed E-state index contributed by atoms with van der Waals surface area (Å²) in [4.78, 5) is 0. The fourth-order valence-electron chi connectivity index (χ4n) is 2.31. The Morgan fingerprint density at radius 1 is 1.00 bits per heavy atom. The fraction of sp³-hybridized carbons (Fsp3) is 0.600. The second-order valence-corrected chi connectivity index (χ2v) is 8.28. The van der Waals surface area contributed by atoms with Crippen molar-refractivity contribution in [3.05, 3.63) is 42.0 Å². The van der Waals surface area contributed by atoms with Crippen LogP contribution < -0.4 is 0 Å². The molecule has 1 fully saturated rings. The lowest BCUT2D eigenvalue weighted by Crippen LogP contribution is -2.10. The van der Waals surface area contributed by atoms with Gasteiger partial charge in [0.25, 0.3) is 0 Å². The van der Waals surface area contributed by atoms with Crippen LogP contribution in [0.4, 0.5) is 0 Å². The molecule has 1 aromatic carbocycles. The first-order valence-electron chi connectivity index (χ1n) is 7.85. The molecule has 1 saturated carbocycles. The Balaban J connectivity index is 0.000000217. The molecule has 0 amide bonds. The zero-order chi connectivity index (χ0) is 15.4. The van der Waals surface area contributed by atoms with Crippen LogP contribution in [0.5, 0.6) is 0 Å². The largest absolute Gasteiger partial charge is 0.0985 e. The van der Waals surface area contributed by atoms with Gasteiger partial charge in [0.15, 0.2) is 0 Å². The van der Waals surface area contributed by atoms with E-state index in [1.165, 1.54) is 30.4 Å². The Bertz CT molecular complexity index is 405. The van der Waals surface area contributed by atoms with Crippen LogP contribution in [-0.4, -0.2) is 0 Å². The van der Waals surface area contributed by atoms with Crippen molar-refractivity contribution >= 4 is 6.08 Å². The van der Waals surface area contributed by atoms with Gasteiger partial charge >= 0.3 is 0 Å². The van der Waals surface area contributed by atoms with Gasteiger partial charge in [-0.3, -0.25) is 0 Å². The van der Waals surface area contributed by atoms with Crippen LogP contribution in [-0.2, 0) is 5.41 Å². The Morgan fingerprint density at radius 2 is 1.50 bits per heavy atom. The van der Waals surface area contributed by atoms with E-state index in [1.54, 1.807) is 0 Å². The molecule has 0 aromatic heterocycles. The van der Waals surface area contributed by atoms with E-state index in [-0.39, 0.29) is 5.41 Å². The van der Waals surface area contributed by atoms with E-state index < -0.39 is 0 Å². The van der Waals surface area contributed by atoms with Gasteiger partial charge in [-0.25, -0.2) is 0 Å². The highest BCUT2D eigenvalue weighted by Gasteiger charge is 2.26. The molecule has 1 aromatic rings. The molecule has 0 atom stereocenters. The van der Waals surface area contributed by atoms with Gasteiger partial charge in [-0.1, -0.05) is 91.3 Å². The molecule has 0 bridgehead atoms. The van der Waals surface area contributed by atoms with Crippen LogP contribution in [0.3, 0.4) is 0 Å². The standard InChI is InChI=1S/C12H16.C8H16/c1-5-10-6-8-11(9-7-10)12(2,3)4;1-8(2,3)6-7-4-5-7/h5-9H,1H2,2-4H3;7H,4-6H2,1-3H3. The SMILES string of the molecule is C=Cc1ccc(C(C)(C)C)cc1.CC(C)(C)CC1CC1. The first-order chi connectivity index (χ1) is 9.12. The average molecular weight is 272 g/mol.